The minimum atomic E-state index is 0.0463. The molecule has 0 aromatic heterocycles. The van der Waals surface area contributed by atoms with E-state index in [0.717, 1.165) is 16.5 Å². The van der Waals surface area contributed by atoms with Crippen LogP contribution in [0.3, 0.4) is 0 Å². The lowest BCUT2D eigenvalue weighted by molar-refractivity contribution is -0.125. The first-order valence-electron chi connectivity index (χ1n) is 4.16. The molecule has 0 spiro atoms. The number of benzene rings is 1. The van der Waals surface area contributed by atoms with Crippen molar-refractivity contribution in [2.45, 2.75) is 18.8 Å². The van der Waals surface area contributed by atoms with Crippen LogP contribution in [-0.2, 0) is 4.79 Å². The first kappa shape index (κ1) is 9.22. The molecule has 68 valence electrons. The molecule has 1 fully saturated rings. The molecule has 1 aromatic carbocycles. The monoisotopic (exact) mass is 258 g/mol. The summed E-state index contributed by atoms with van der Waals surface area (Å²) >= 11 is 9.36. The molecule has 0 heterocycles. The smallest absolute Gasteiger partial charge is 0.140 e. The standard InChI is InChI=1S/C10H8BrClO/c11-6-1-3-9(12)8(5-6)7-2-4-10(7)13/h1,3,5,7H,2,4H2. The molecular weight excluding hydrogens is 251 g/mol. The molecule has 1 atom stereocenters. The van der Waals surface area contributed by atoms with Gasteiger partial charge in [-0.2, -0.15) is 0 Å². The Kier molecular flexibility index (Phi) is 2.43. The van der Waals surface area contributed by atoms with E-state index < -0.39 is 0 Å². The van der Waals surface area contributed by atoms with Crippen LogP contribution < -0.4 is 0 Å². The zero-order valence-electron chi connectivity index (χ0n) is 6.89. The van der Waals surface area contributed by atoms with E-state index in [0.29, 0.717) is 17.2 Å². The minimum absolute atomic E-state index is 0.0463. The van der Waals surface area contributed by atoms with E-state index >= 15 is 0 Å². The molecule has 1 nitrogen and oxygen atoms in total. The van der Waals surface area contributed by atoms with Gasteiger partial charge in [0.1, 0.15) is 5.78 Å². The Balaban J connectivity index is 2.38. The van der Waals surface area contributed by atoms with Gasteiger partial charge in [-0.3, -0.25) is 4.79 Å². The quantitative estimate of drug-likeness (QED) is 0.754. The van der Waals surface area contributed by atoms with Crippen molar-refractivity contribution in [3.8, 4) is 0 Å². The molecule has 1 aromatic rings. The summed E-state index contributed by atoms with van der Waals surface area (Å²) < 4.78 is 0.978. The Morgan fingerprint density at radius 2 is 2.23 bits per heavy atom. The molecular formula is C10H8BrClO. The first-order valence-corrected chi connectivity index (χ1v) is 5.33. The maximum absolute atomic E-state index is 11.2. The Hall–Kier alpha value is -0.340. The lowest BCUT2D eigenvalue weighted by Gasteiger charge is -2.25. The van der Waals surface area contributed by atoms with E-state index in [1.54, 1.807) is 0 Å². The second kappa shape index (κ2) is 3.43. The van der Waals surface area contributed by atoms with E-state index in [-0.39, 0.29) is 5.92 Å². The summed E-state index contributed by atoms with van der Waals surface area (Å²) in [6.45, 7) is 0. The Morgan fingerprint density at radius 3 is 2.77 bits per heavy atom. The highest BCUT2D eigenvalue weighted by Crippen LogP contribution is 2.37. The van der Waals surface area contributed by atoms with Crippen LogP contribution in [0.4, 0.5) is 0 Å². The van der Waals surface area contributed by atoms with Gasteiger partial charge in [-0.25, -0.2) is 0 Å². The number of hydrogen-bond acceptors (Lipinski definition) is 1. The van der Waals surface area contributed by atoms with Crippen molar-refractivity contribution in [1.82, 2.24) is 0 Å². The average Bonchev–Trinajstić information content (AvgIpc) is 2.09. The van der Waals surface area contributed by atoms with Crippen molar-refractivity contribution in [2.75, 3.05) is 0 Å². The van der Waals surface area contributed by atoms with Gasteiger partial charge in [0.15, 0.2) is 0 Å². The lowest BCUT2D eigenvalue weighted by atomic mass is 9.79. The fourth-order valence-corrected chi connectivity index (χ4v) is 2.15. The average molecular weight is 260 g/mol. The van der Waals surface area contributed by atoms with Gasteiger partial charge >= 0.3 is 0 Å². The van der Waals surface area contributed by atoms with Gasteiger partial charge in [0.2, 0.25) is 0 Å². The number of halogens is 2. The molecule has 0 saturated heterocycles. The number of Topliss-reactive ketones (excluding diaryl/α,β-unsaturated/α-hetero) is 1. The molecule has 3 heteroatoms. The number of ketones is 1. The topological polar surface area (TPSA) is 17.1 Å². The summed E-state index contributed by atoms with van der Waals surface area (Å²) in [4.78, 5) is 11.2. The molecule has 1 unspecified atom stereocenters. The summed E-state index contributed by atoms with van der Waals surface area (Å²) in [7, 11) is 0. The third kappa shape index (κ3) is 1.65. The van der Waals surface area contributed by atoms with Crippen molar-refractivity contribution in [3.63, 3.8) is 0 Å². The summed E-state index contributed by atoms with van der Waals surface area (Å²) in [6, 6.07) is 5.64. The van der Waals surface area contributed by atoms with Crippen molar-refractivity contribution in [3.05, 3.63) is 33.3 Å². The normalized spacial score (nSPS) is 21.4. The number of rotatable bonds is 1. The Morgan fingerprint density at radius 1 is 1.46 bits per heavy atom. The van der Waals surface area contributed by atoms with Gasteiger partial charge in [-0.15, -0.1) is 0 Å². The summed E-state index contributed by atoms with van der Waals surface area (Å²) in [5.74, 6) is 0.352. The van der Waals surface area contributed by atoms with Gasteiger partial charge in [-0.05, 0) is 30.2 Å². The fourth-order valence-electron chi connectivity index (χ4n) is 1.52. The van der Waals surface area contributed by atoms with E-state index in [1.807, 2.05) is 18.2 Å². The molecule has 1 aliphatic carbocycles. The first-order chi connectivity index (χ1) is 6.18. The molecule has 0 amide bonds. The highest BCUT2D eigenvalue weighted by atomic mass is 79.9. The zero-order valence-corrected chi connectivity index (χ0v) is 9.23. The van der Waals surface area contributed by atoms with E-state index in [1.165, 1.54) is 0 Å². The predicted octanol–water partition coefficient (Wildman–Crippen LogP) is 3.55. The van der Waals surface area contributed by atoms with E-state index in [2.05, 4.69) is 15.9 Å². The van der Waals surface area contributed by atoms with Gasteiger partial charge in [0.05, 0.1) is 0 Å². The molecule has 0 aliphatic heterocycles. The second-order valence-corrected chi connectivity index (χ2v) is 4.55. The molecule has 1 saturated carbocycles. The van der Waals surface area contributed by atoms with Gasteiger partial charge in [0, 0.05) is 21.8 Å². The van der Waals surface area contributed by atoms with Crippen molar-refractivity contribution < 1.29 is 4.79 Å². The molecule has 0 radical (unpaired) electrons. The van der Waals surface area contributed by atoms with Crippen LogP contribution in [0.15, 0.2) is 22.7 Å². The SMILES string of the molecule is O=C1CCC1c1cc(Br)ccc1Cl. The molecule has 13 heavy (non-hydrogen) atoms. The predicted molar refractivity (Wildman–Crippen MR) is 56.1 cm³/mol. The largest absolute Gasteiger partial charge is 0.299 e. The molecule has 0 N–H and O–H groups in total. The zero-order chi connectivity index (χ0) is 9.42. The van der Waals surface area contributed by atoms with E-state index in [9.17, 15) is 4.79 Å². The van der Waals surface area contributed by atoms with E-state index in [4.69, 9.17) is 11.6 Å². The highest BCUT2D eigenvalue weighted by molar-refractivity contribution is 9.10. The van der Waals surface area contributed by atoms with Crippen molar-refractivity contribution >= 4 is 33.3 Å². The number of carbonyl (C=O) groups excluding carboxylic acids is 1. The van der Waals surface area contributed by atoms with Crippen molar-refractivity contribution in [2.24, 2.45) is 0 Å². The van der Waals surface area contributed by atoms with Gasteiger partial charge < -0.3 is 0 Å². The lowest BCUT2D eigenvalue weighted by Crippen LogP contribution is -2.23. The molecule has 0 bridgehead atoms. The summed E-state index contributed by atoms with van der Waals surface area (Å²) in [5.41, 5.74) is 0.965. The van der Waals surface area contributed by atoms with Crippen LogP contribution >= 0.6 is 27.5 Å². The van der Waals surface area contributed by atoms with Crippen molar-refractivity contribution in [1.29, 1.82) is 0 Å². The van der Waals surface area contributed by atoms with Crippen LogP contribution in [0.2, 0.25) is 5.02 Å². The van der Waals surface area contributed by atoms with Crippen LogP contribution in [-0.4, -0.2) is 5.78 Å². The summed E-state index contributed by atoms with van der Waals surface area (Å²) in [5, 5.41) is 0.696. The Bertz CT molecular complexity index is 362. The number of carbonyl (C=O) groups is 1. The molecule has 1 aliphatic rings. The third-order valence-corrected chi connectivity index (χ3v) is 3.24. The molecule has 2 rings (SSSR count). The fraction of sp³-hybridized carbons (Fsp3) is 0.300. The number of hydrogen-bond donors (Lipinski definition) is 0. The highest BCUT2D eigenvalue weighted by Gasteiger charge is 2.30. The summed E-state index contributed by atoms with van der Waals surface area (Å²) in [6.07, 6.45) is 1.64. The van der Waals surface area contributed by atoms with Crippen LogP contribution in [0.5, 0.6) is 0 Å². The Labute approximate surface area is 90.2 Å². The van der Waals surface area contributed by atoms with Gasteiger partial charge in [0.25, 0.3) is 0 Å². The minimum Gasteiger partial charge on any atom is -0.299 e. The second-order valence-electron chi connectivity index (χ2n) is 3.22. The van der Waals surface area contributed by atoms with Gasteiger partial charge in [-0.1, -0.05) is 27.5 Å². The van der Waals surface area contributed by atoms with Crippen LogP contribution in [0, 0.1) is 0 Å². The maximum Gasteiger partial charge on any atom is 0.140 e. The maximum atomic E-state index is 11.2. The third-order valence-electron chi connectivity index (χ3n) is 2.40. The van der Waals surface area contributed by atoms with Crippen LogP contribution in [0.25, 0.3) is 0 Å². The van der Waals surface area contributed by atoms with Crippen LogP contribution in [0.1, 0.15) is 24.3 Å².